The topological polar surface area (TPSA) is 112 Å². The number of nitrogens with zero attached hydrogens (tertiary/aromatic N) is 4. The van der Waals surface area contributed by atoms with Gasteiger partial charge in [0.05, 0.1) is 0 Å². The zero-order valence-corrected chi connectivity index (χ0v) is 14.5. The number of carbonyl (C=O) groups excluding carboxylic acids is 1. The van der Waals surface area contributed by atoms with Crippen molar-refractivity contribution in [2.45, 2.75) is 13.0 Å². The minimum atomic E-state index is -0.605. The Hall–Kier alpha value is -3.49. The maximum Gasteiger partial charge on any atom is 0.331 e. The lowest BCUT2D eigenvalue weighted by atomic mass is 10.2. The molecular weight excluding hydrogens is 338 g/mol. The normalized spacial score (nSPS) is 12.0. The van der Waals surface area contributed by atoms with Crippen LogP contribution in [0.2, 0.25) is 0 Å². The van der Waals surface area contributed by atoms with Crippen LogP contribution < -0.4 is 16.6 Å². The number of carbonyl (C=O) groups is 1. The summed E-state index contributed by atoms with van der Waals surface area (Å²) in [4.78, 5) is 40.4. The Labute approximate surface area is 147 Å². The number of nitrogens with one attached hydrogen (secondary N) is 1. The van der Waals surface area contributed by atoms with E-state index in [0.29, 0.717) is 5.82 Å². The lowest BCUT2D eigenvalue weighted by Gasteiger charge is -2.12. The van der Waals surface area contributed by atoms with Gasteiger partial charge in [0.2, 0.25) is 11.7 Å². The summed E-state index contributed by atoms with van der Waals surface area (Å²) in [5, 5.41) is 6.55. The molecule has 2 aromatic heterocycles. The summed E-state index contributed by atoms with van der Waals surface area (Å²) in [5.41, 5.74) is -0.405. The molecule has 3 rings (SSSR count). The standard InChI is InChI=1S/C17H17N5O4/c1-10(16-19-14(20-26-16)11-7-5-4-6-8-11)18-15(24)12-9-13(23)22(3)17(25)21(12)2/h4-10H,1-3H3,(H,18,24). The van der Waals surface area contributed by atoms with Crippen LogP contribution in [0.3, 0.4) is 0 Å². The van der Waals surface area contributed by atoms with Gasteiger partial charge in [0.25, 0.3) is 11.5 Å². The Kier molecular flexibility index (Phi) is 4.53. The second-order valence-corrected chi connectivity index (χ2v) is 5.79. The average Bonchev–Trinajstić information content (AvgIpc) is 3.14. The molecule has 0 spiro atoms. The average molecular weight is 355 g/mol. The van der Waals surface area contributed by atoms with Gasteiger partial charge in [-0.25, -0.2) is 4.79 Å². The Morgan fingerprint density at radius 3 is 2.54 bits per heavy atom. The monoisotopic (exact) mass is 355 g/mol. The molecule has 0 saturated carbocycles. The van der Waals surface area contributed by atoms with E-state index in [1.165, 1.54) is 14.1 Å². The smallest absolute Gasteiger partial charge is 0.331 e. The van der Waals surface area contributed by atoms with Crippen molar-refractivity contribution in [3.8, 4) is 11.4 Å². The van der Waals surface area contributed by atoms with Crippen molar-refractivity contribution >= 4 is 5.91 Å². The molecule has 0 bridgehead atoms. The largest absolute Gasteiger partial charge is 0.339 e. The van der Waals surface area contributed by atoms with Crippen LogP contribution in [-0.2, 0) is 14.1 Å². The molecule has 1 amide bonds. The highest BCUT2D eigenvalue weighted by molar-refractivity contribution is 5.92. The van der Waals surface area contributed by atoms with Crippen molar-refractivity contribution in [1.29, 1.82) is 0 Å². The van der Waals surface area contributed by atoms with Gasteiger partial charge < -0.3 is 9.84 Å². The molecule has 1 aromatic carbocycles. The van der Waals surface area contributed by atoms with Crippen LogP contribution in [0.5, 0.6) is 0 Å². The maximum atomic E-state index is 12.4. The minimum absolute atomic E-state index is 0.0484. The second-order valence-electron chi connectivity index (χ2n) is 5.79. The quantitative estimate of drug-likeness (QED) is 0.734. The maximum absolute atomic E-state index is 12.4. The predicted octanol–water partition coefficient (Wildman–Crippen LogP) is 0.625. The minimum Gasteiger partial charge on any atom is -0.339 e. The highest BCUT2D eigenvalue weighted by Gasteiger charge is 2.20. The van der Waals surface area contributed by atoms with Crippen molar-refractivity contribution < 1.29 is 9.32 Å². The summed E-state index contributed by atoms with van der Waals surface area (Å²) < 4.78 is 7.23. The van der Waals surface area contributed by atoms with Gasteiger partial charge in [-0.15, -0.1) is 0 Å². The third-order valence-corrected chi connectivity index (χ3v) is 3.95. The van der Waals surface area contributed by atoms with Gasteiger partial charge >= 0.3 is 5.69 Å². The van der Waals surface area contributed by atoms with E-state index in [2.05, 4.69) is 15.5 Å². The molecule has 0 radical (unpaired) electrons. The highest BCUT2D eigenvalue weighted by Crippen LogP contribution is 2.18. The molecule has 9 heteroatoms. The number of aromatic nitrogens is 4. The lowest BCUT2D eigenvalue weighted by Crippen LogP contribution is -2.41. The molecule has 0 aliphatic rings. The molecule has 134 valence electrons. The van der Waals surface area contributed by atoms with Crippen LogP contribution in [-0.4, -0.2) is 25.2 Å². The van der Waals surface area contributed by atoms with E-state index in [0.717, 1.165) is 20.8 Å². The van der Waals surface area contributed by atoms with Crippen LogP contribution in [0.15, 0.2) is 50.5 Å². The van der Waals surface area contributed by atoms with Crippen LogP contribution in [0.25, 0.3) is 11.4 Å². The summed E-state index contributed by atoms with van der Waals surface area (Å²) in [5.74, 6) is 0.0305. The summed E-state index contributed by atoms with van der Waals surface area (Å²) >= 11 is 0. The SMILES string of the molecule is CC(NC(=O)c1cc(=O)n(C)c(=O)n1C)c1nc(-c2ccccc2)no1. The van der Waals surface area contributed by atoms with E-state index in [1.54, 1.807) is 6.92 Å². The number of amides is 1. The number of benzene rings is 1. The van der Waals surface area contributed by atoms with E-state index in [1.807, 2.05) is 30.3 Å². The van der Waals surface area contributed by atoms with Crippen LogP contribution in [0.4, 0.5) is 0 Å². The number of rotatable bonds is 4. The lowest BCUT2D eigenvalue weighted by molar-refractivity contribution is 0.0922. The first kappa shape index (κ1) is 17.3. The molecule has 3 aromatic rings. The molecule has 1 atom stereocenters. The van der Waals surface area contributed by atoms with Crippen molar-refractivity contribution in [2.24, 2.45) is 14.1 Å². The molecule has 0 aliphatic carbocycles. The van der Waals surface area contributed by atoms with Gasteiger partial charge in [-0.1, -0.05) is 35.5 Å². The Morgan fingerprint density at radius 1 is 1.15 bits per heavy atom. The number of hydrogen-bond acceptors (Lipinski definition) is 6. The Balaban J connectivity index is 1.82. The fraction of sp³-hybridized carbons (Fsp3) is 0.235. The number of hydrogen-bond donors (Lipinski definition) is 1. The highest BCUT2D eigenvalue weighted by atomic mass is 16.5. The molecule has 2 heterocycles. The third kappa shape index (κ3) is 3.18. The molecule has 0 aliphatic heterocycles. The zero-order chi connectivity index (χ0) is 18.8. The van der Waals surface area contributed by atoms with E-state index in [-0.39, 0.29) is 11.6 Å². The summed E-state index contributed by atoms with van der Waals surface area (Å²) in [7, 11) is 2.76. The summed E-state index contributed by atoms with van der Waals surface area (Å²) in [6, 6.07) is 9.77. The second kappa shape index (κ2) is 6.79. The van der Waals surface area contributed by atoms with Crippen molar-refractivity contribution in [3.05, 3.63) is 68.8 Å². The van der Waals surface area contributed by atoms with Gasteiger partial charge in [0, 0.05) is 25.7 Å². The predicted molar refractivity (Wildman–Crippen MR) is 92.5 cm³/mol. The van der Waals surface area contributed by atoms with Crippen LogP contribution in [0, 0.1) is 0 Å². The first-order valence-corrected chi connectivity index (χ1v) is 7.85. The first-order chi connectivity index (χ1) is 12.4. The summed E-state index contributed by atoms with van der Waals surface area (Å²) in [6.07, 6.45) is 0. The molecular formula is C17H17N5O4. The van der Waals surface area contributed by atoms with E-state index < -0.39 is 23.2 Å². The molecule has 0 fully saturated rings. The van der Waals surface area contributed by atoms with Crippen molar-refractivity contribution in [1.82, 2.24) is 24.6 Å². The van der Waals surface area contributed by atoms with Gasteiger partial charge in [-0.05, 0) is 6.92 Å². The van der Waals surface area contributed by atoms with E-state index in [9.17, 15) is 14.4 Å². The van der Waals surface area contributed by atoms with E-state index >= 15 is 0 Å². The third-order valence-electron chi connectivity index (χ3n) is 3.95. The van der Waals surface area contributed by atoms with Crippen LogP contribution in [0.1, 0.15) is 29.3 Å². The molecule has 0 saturated heterocycles. The summed E-state index contributed by atoms with van der Waals surface area (Å²) in [6.45, 7) is 1.67. The van der Waals surface area contributed by atoms with Crippen molar-refractivity contribution in [3.63, 3.8) is 0 Å². The fourth-order valence-electron chi connectivity index (χ4n) is 2.40. The Bertz CT molecular complexity index is 1060. The van der Waals surface area contributed by atoms with Crippen molar-refractivity contribution in [2.75, 3.05) is 0 Å². The molecule has 26 heavy (non-hydrogen) atoms. The first-order valence-electron chi connectivity index (χ1n) is 7.85. The van der Waals surface area contributed by atoms with Crippen LogP contribution >= 0.6 is 0 Å². The fourth-order valence-corrected chi connectivity index (χ4v) is 2.40. The van der Waals surface area contributed by atoms with Gasteiger partial charge in [0.15, 0.2) is 0 Å². The van der Waals surface area contributed by atoms with Gasteiger partial charge in [-0.3, -0.25) is 18.7 Å². The Morgan fingerprint density at radius 2 is 1.85 bits per heavy atom. The van der Waals surface area contributed by atoms with E-state index in [4.69, 9.17) is 4.52 Å². The molecule has 1 N–H and O–H groups in total. The zero-order valence-electron chi connectivity index (χ0n) is 14.5. The van der Waals surface area contributed by atoms with Gasteiger partial charge in [0.1, 0.15) is 11.7 Å². The van der Waals surface area contributed by atoms with Gasteiger partial charge in [-0.2, -0.15) is 4.98 Å². The molecule has 9 nitrogen and oxygen atoms in total. The molecule has 1 unspecified atom stereocenters.